The van der Waals surface area contributed by atoms with Gasteiger partial charge in [-0.3, -0.25) is 0 Å². The van der Waals surface area contributed by atoms with E-state index in [-0.39, 0.29) is 5.69 Å². The Labute approximate surface area is 94.5 Å². The van der Waals surface area contributed by atoms with Gasteiger partial charge in [0.05, 0.1) is 0 Å². The highest BCUT2D eigenvalue weighted by molar-refractivity contribution is 5.85. The van der Waals surface area contributed by atoms with Crippen LogP contribution in [-0.4, -0.2) is 16.1 Å². The molecule has 1 fully saturated rings. The third-order valence-electron chi connectivity index (χ3n) is 4.56. The Morgan fingerprint density at radius 2 is 2.31 bits per heavy atom. The molecule has 1 heterocycles. The Hall–Kier alpha value is -1.38. The van der Waals surface area contributed by atoms with Crippen LogP contribution < -0.4 is 0 Å². The lowest BCUT2D eigenvalue weighted by molar-refractivity contribution is 0.0182. The molecule has 1 aromatic rings. The molecule has 0 spiro atoms. The lowest BCUT2D eigenvalue weighted by Gasteiger charge is -2.57. The quantitative estimate of drug-likeness (QED) is 0.786. The van der Waals surface area contributed by atoms with Crippen LogP contribution in [0.5, 0.6) is 0 Å². The highest BCUT2D eigenvalue weighted by atomic mass is 16.4. The summed E-state index contributed by atoms with van der Waals surface area (Å²) in [5, 5.41) is 8.90. The zero-order chi connectivity index (χ0) is 11.5. The van der Waals surface area contributed by atoms with Crippen LogP contribution in [0.1, 0.15) is 47.8 Å². The molecule has 16 heavy (non-hydrogen) atoms. The minimum absolute atomic E-state index is 0.179. The van der Waals surface area contributed by atoms with Crippen molar-refractivity contribution < 1.29 is 9.90 Å². The molecule has 3 nitrogen and oxygen atoms in total. The first-order valence-corrected chi connectivity index (χ1v) is 5.72. The highest BCUT2D eigenvalue weighted by Crippen LogP contribution is 2.61. The van der Waals surface area contributed by atoms with Crippen molar-refractivity contribution in [1.29, 1.82) is 0 Å². The van der Waals surface area contributed by atoms with Crippen LogP contribution in [0.2, 0.25) is 0 Å². The van der Waals surface area contributed by atoms with Crippen molar-refractivity contribution >= 4 is 5.97 Å². The number of hydrogen-bond donors (Lipinski definition) is 1. The van der Waals surface area contributed by atoms with Crippen molar-refractivity contribution in [2.45, 2.75) is 32.6 Å². The number of aromatic carboxylic acids is 1. The molecule has 1 saturated carbocycles. The van der Waals surface area contributed by atoms with Crippen molar-refractivity contribution in [3.05, 3.63) is 29.1 Å². The molecule has 3 aliphatic rings. The lowest BCUT2D eigenvalue weighted by Crippen LogP contribution is -2.48. The molecule has 1 N–H and O–H groups in total. The van der Waals surface area contributed by atoms with Crippen molar-refractivity contribution in [3.63, 3.8) is 0 Å². The second kappa shape index (κ2) is 2.84. The number of rotatable bonds is 1. The van der Waals surface area contributed by atoms with Gasteiger partial charge in [0.15, 0.2) is 0 Å². The standard InChI is InChI=1S/C13H15NO2/c1-13(2)8-3-7-4-11(12(15)16)14-6-9(7)10(13)5-8/h4,6,8,10H,3,5H2,1-2H3,(H,15,16)/t8-,10-/m0/s1. The first kappa shape index (κ1) is 9.82. The van der Waals surface area contributed by atoms with Gasteiger partial charge in [0.2, 0.25) is 0 Å². The predicted molar refractivity (Wildman–Crippen MR) is 59.5 cm³/mol. The number of hydrogen-bond acceptors (Lipinski definition) is 2. The molecule has 3 heteroatoms. The number of carboxylic acid groups (broad SMARTS) is 1. The topological polar surface area (TPSA) is 50.2 Å². The number of carboxylic acids is 1. The van der Waals surface area contributed by atoms with Crippen LogP contribution in [0.15, 0.2) is 12.3 Å². The predicted octanol–water partition coefficient (Wildman–Crippen LogP) is 2.47. The summed E-state index contributed by atoms with van der Waals surface area (Å²) in [4.78, 5) is 14.9. The SMILES string of the molecule is CC1(C)[C@H]2Cc3cc(C(=O)O)ncc3[C@@H]1C2. The van der Waals surface area contributed by atoms with Gasteiger partial charge in [0, 0.05) is 6.20 Å². The molecule has 2 bridgehead atoms. The summed E-state index contributed by atoms with van der Waals surface area (Å²) in [6, 6.07) is 1.76. The van der Waals surface area contributed by atoms with Crippen LogP contribution in [0.3, 0.4) is 0 Å². The van der Waals surface area contributed by atoms with Crippen LogP contribution in [0.25, 0.3) is 0 Å². The fourth-order valence-corrected chi connectivity index (χ4v) is 3.27. The van der Waals surface area contributed by atoms with Gasteiger partial charge in [-0.05, 0) is 47.3 Å². The maximum atomic E-state index is 10.8. The monoisotopic (exact) mass is 217 g/mol. The van der Waals surface area contributed by atoms with Gasteiger partial charge in [-0.25, -0.2) is 9.78 Å². The zero-order valence-electron chi connectivity index (χ0n) is 9.53. The van der Waals surface area contributed by atoms with E-state index in [1.807, 2.05) is 0 Å². The second-order valence-electron chi connectivity index (χ2n) is 5.58. The molecular formula is C13H15NO2. The Bertz CT molecular complexity index is 479. The molecule has 2 atom stereocenters. The highest BCUT2D eigenvalue weighted by Gasteiger charge is 2.52. The summed E-state index contributed by atoms with van der Waals surface area (Å²) in [6.45, 7) is 4.61. The van der Waals surface area contributed by atoms with Crippen LogP contribution >= 0.6 is 0 Å². The van der Waals surface area contributed by atoms with Gasteiger partial charge in [-0.15, -0.1) is 0 Å². The Kier molecular flexibility index (Phi) is 1.74. The molecule has 4 rings (SSSR count). The largest absolute Gasteiger partial charge is 0.477 e. The van der Waals surface area contributed by atoms with Gasteiger partial charge in [-0.2, -0.15) is 0 Å². The fraction of sp³-hybridized carbons (Fsp3) is 0.538. The van der Waals surface area contributed by atoms with E-state index in [0.29, 0.717) is 17.3 Å². The smallest absolute Gasteiger partial charge is 0.354 e. The lowest BCUT2D eigenvalue weighted by atomic mass is 9.48. The van der Waals surface area contributed by atoms with E-state index in [4.69, 9.17) is 5.11 Å². The van der Waals surface area contributed by atoms with E-state index < -0.39 is 5.97 Å². The van der Waals surface area contributed by atoms with E-state index in [0.717, 1.165) is 6.42 Å². The van der Waals surface area contributed by atoms with Crippen molar-refractivity contribution in [2.75, 3.05) is 0 Å². The molecule has 0 aliphatic heterocycles. The molecule has 1 aromatic heterocycles. The summed E-state index contributed by atoms with van der Waals surface area (Å²) < 4.78 is 0. The summed E-state index contributed by atoms with van der Waals surface area (Å²) in [7, 11) is 0. The summed E-state index contributed by atoms with van der Waals surface area (Å²) in [5.41, 5.74) is 3.03. The number of pyridine rings is 1. The summed E-state index contributed by atoms with van der Waals surface area (Å²) >= 11 is 0. The Morgan fingerprint density at radius 3 is 2.94 bits per heavy atom. The summed E-state index contributed by atoms with van der Waals surface area (Å²) in [6.07, 6.45) is 4.04. The van der Waals surface area contributed by atoms with E-state index in [9.17, 15) is 4.79 Å². The van der Waals surface area contributed by atoms with Crippen LogP contribution in [-0.2, 0) is 6.42 Å². The average Bonchev–Trinajstić information content (AvgIpc) is 2.27. The minimum atomic E-state index is -0.929. The van der Waals surface area contributed by atoms with E-state index in [1.54, 1.807) is 12.3 Å². The molecule has 0 saturated heterocycles. The molecule has 84 valence electrons. The third kappa shape index (κ3) is 1.09. The van der Waals surface area contributed by atoms with Crippen molar-refractivity contribution in [2.24, 2.45) is 11.3 Å². The zero-order valence-corrected chi connectivity index (χ0v) is 9.53. The van der Waals surface area contributed by atoms with Crippen LogP contribution in [0.4, 0.5) is 0 Å². The third-order valence-corrected chi connectivity index (χ3v) is 4.56. The van der Waals surface area contributed by atoms with Gasteiger partial charge in [0.25, 0.3) is 0 Å². The molecule has 3 aliphatic carbocycles. The first-order chi connectivity index (χ1) is 7.50. The Balaban J connectivity index is 2.06. The van der Waals surface area contributed by atoms with E-state index in [1.165, 1.54) is 17.5 Å². The maximum absolute atomic E-state index is 10.8. The number of aromatic nitrogens is 1. The maximum Gasteiger partial charge on any atom is 0.354 e. The van der Waals surface area contributed by atoms with Gasteiger partial charge >= 0.3 is 5.97 Å². The van der Waals surface area contributed by atoms with E-state index >= 15 is 0 Å². The molecule has 0 radical (unpaired) electrons. The fourth-order valence-electron chi connectivity index (χ4n) is 3.27. The molecule has 0 amide bonds. The second-order valence-corrected chi connectivity index (χ2v) is 5.58. The molecule has 0 unspecified atom stereocenters. The van der Waals surface area contributed by atoms with E-state index in [2.05, 4.69) is 18.8 Å². The average molecular weight is 217 g/mol. The van der Waals surface area contributed by atoms with Gasteiger partial charge < -0.3 is 5.11 Å². The molecule has 0 aromatic carbocycles. The molecular weight excluding hydrogens is 202 g/mol. The minimum Gasteiger partial charge on any atom is -0.477 e. The number of carbonyl (C=O) groups is 1. The first-order valence-electron chi connectivity index (χ1n) is 5.72. The van der Waals surface area contributed by atoms with Crippen molar-refractivity contribution in [3.8, 4) is 0 Å². The number of nitrogens with zero attached hydrogens (tertiary/aromatic N) is 1. The van der Waals surface area contributed by atoms with Gasteiger partial charge in [-0.1, -0.05) is 13.8 Å². The summed E-state index contributed by atoms with van der Waals surface area (Å²) in [5.74, 6) is 0.368. The van der Waals surface area contributed by atoms with Crippen molar-refractivity contribution in [1.82, 2.24) is 4.98 Å². The Morgan fingerprint density at radius 1 is 1.56 bits per heavy atom. The normalized spacial score (nSPS) is 29.1. The van der Waals surface area contributed by atoms with Gasteiger partial charge in [0.1, 0.15) is 5.69 Å². The van der Waals surface area contributed by atoms with Crippen LogP contribution in [0, 0.1) is 11.3 Å².